The van der Waals surface area contributed by atoms with E-state index in [0.29, 0.717) is 10.6 Å². The molecule has 2 rings (SSSR count). The van der Waals surface area contributed by atoms with Crippen molar-refractivity contribution in [1.29, 1.82) is 0 Å². The van der Waals surface area contributed by atoms with Crippen LogP contribution in [0.15, 0.2) is 40.9 Å². The minimum atomic E-state index is -0.876. The quantitative estimate of drug-likeness (QED) is 0.576. The average molecular weight is 346 g/mol. The number of hydrogen-bond acceptors (Lipinski definition) is 1. The van der Waals surface area contributed by atoms with Gasteiger partial charge in [-0.25, -0.2) is 8.78 Å². The van der Waals surface area contributed by atoms with E-state index >= 15 is 0 Å². The predicted molar refractivity (Wildman–Crippen MR) is 73.5 cm³/mol. The number of Topliss-reactive ketones (excluding diaryl/α,β-unsaturated/α-hetero) is 1. The van der Waals surface area contributed by atoms with E-state index in [0.717, 1.165) is 6.07 Å². The van der Waals surface area contributed by atoms with Gasteiger partial charge in [-0.2, -0.15) is 0 Å². The molecule has 0 unspecified atom stereocenters. The highest BCUT2D eigenvalue weighted by molar-refractivity contribution is 9.10. The van der Waals surface area contributed by atoms with Crippen molar-refractivity contribution in [2.24, 2.45) is 0 Å². The van der Waals surface area contributed by atoms with Crippen LogP contribution in [0.5, 0.6) is 0 Å². The van der Waals surface area contributed by atoms with Gasteiger partial charge in [0.05, 0.1) is 10.0 Å². The van der Waals surface area contributed by atoms with Gasteiger partial charge in [-0.3, -0.25) is 4.79 Å². The summed E-state index contributed by atoms with van der Waals surface area (Å²) < 4.78 is 27.4. The Balaban J connectivity index is 2.30. The van der Waals surface area contributed by atoms with Crippen LogP contribution >= 0.6 is 27.5 Å². The van der Waals surface area contributed by atoms with Gasteiger partial charge in [0.15, 0.2) is 11.6 Å². The highest BCUT2D eigenvalue weighted by Crippen LogP contribution is 2.23. The van der Waals surface area contributed by atoms with Gasteiger partial charge in [-0.05, 0) is 45.8 Å². The average Bonchev–Trinajstić information content (AvgIpc) is 2.37. The Hall–Kier alpha value is -1.26. The number of rotatable bonds is 3. The molecule has 2 aromatic rings. The van der Waals surface area contributed by atoms with Gasteiger partial charge in [-0.15, -0.1) is 0 Å². The number of halogens is 4. The summed E-state index contributed by atoms with van der Waals surface area (Å²) in [7, 11) is 0. The molecule has 0 saturated heterocycles. The number of benzene rings is 2. The molecule has 0 atom stereocenters. The third kappa shape index (κ3) is 3.19. The lowest BCUT2D eigenvalue weighted by Gasteiger charge is -2.06. The van der Waals surface area contributed by atoms with E-state index in [1.807, 2.05) is 0 Å². The molecule has 0 aliphatic carbocycles. The zero-order chi connectivity index (χ0) is 14.0. The van der Waals surface area contributed by atoms with Crippen molar-refractivity contribution in [3.8, 4) is 0 Å². The number of hydrogen-bond donors (Lipinski definition) is 0. The molecule has 1 nitrogen and oxygen atoms in total. The van der Waals surface area contributed by atoms with Crippen LogP contribution in [0.4, 0.5) is 8.78 Å². The van der Waals surface area contributed by atoms with Crippen LogP contribution in [-0.4, -0.2) is 5.78 Å². The highest BCUT2D eigenvalue weighted by Gasteiger charge is 2.19. The van der Waals surface area contributed by atoms with Crippen LogP contribution in [0.1, 0.15) is 15.9 Å². The summed E-state index contributed by atoms with van der Waals surface area (Å²) in [6, 6.07) is 8.82. The predicted octanol–water partition coefficient (Wildman–Crippen LogP) is 4.81. The Bertz CT molecular complexity index is 626. The van der Waals surface area contributed by atoms with Gasteiger partial charge in [-0.1, -0.05) is 23.7 Å². The molecule has 0 heterocycles. The SMILES string of the molecule is O=C(Cc1ccc(Cl)cc1)c1c(F)ccc(Br)c1F. The first-order valence-corrected chi connectivity index (χ1v) is 6.57. The summed E-state index contributed by atoms with van der Waals surface area (Å²) in [5.41, 5.74) is 0.123. The van der Waals surface area contributed by atoms with Crippen LogP contribution in [0.25, 0.3) is 0 Å². The molecule has 0 aliphatic heterocycles. The van der Waals surface area contributed by atoms with Crippen LogP contribution < -0.4 is 0 Å². The van der Waals surface area contributed by atoms with Gasteiger partial charge < -0.3 is 0 Å². The molecule has 0 amide bonds. The van der Waals surface area contributed by atoms with Gasteiger partial charge in [0.2, 0.25) is 0 Å². The third-order valence-corrected chi connectivity index (χ3v) is 3.47. The highest BCUT2D eigenvalue weighted by atomic mass is 79.9. The normalized spacial score (nSPS) is 10.5. The van der Waals surface area contributed by atoms with Gasteiger partial charge >= 0.3 is 0 Å². The summed E-state index contributed by atoms with van der Waals surface area (Å²) in [6.07, 6.45) is -0.0819. The Labute approximate surface area is 122 Å². The molecule has 0 radical (unpaired) electrons. The molecule has 0 saturated carbocycles. The molecular weight excluding hydrogens is 338 g/mol. The van der Waals surface area contributed by atoms with Crippen molar-refractivity contribution in [3.05, 3.63) is 68.7 Å². The summed E-state index contributed by atoms with van der Waals surface area (Å²) in [6.45, 7) is 0. The standard InChI is InChI=1S/C14H8BrClF2O/c15-10-5-6-11(17)13(14(10)18)12(19)7-8-1-3-9(16)4-2-8/h1-6H,7H2. The molecule has 0 fully saturated rings. The molecule has 0 aromatic heterocycles. The molecule has 0 aliphatic rings. The molecule has 0 spiro atoms. The lowest BCUT2D eigenvalue weighted by Crippen LogP contribution is -2.09. The van der Waals surface area contributed by atoms with Crippen LogP contribution in [0.3, 0.4) is 0 Å². The number of carbonyl (C=O) groups is 1. The lowest BCUT2D eigenvalue weighted by molar-refractivity contribution is 0.0984. The largest absolute Gasteiger partial charge is 0.294 e. The second-order valence-electron chi connectivity index (χ2n) is 3.94. The Morgan fingerprint density at radius 1 is 1.11 bits per heavy atom. The van der Waals surface area contributed by atoms with E-state index in [-0.39, 0.29) is 10.9 Å². The van der Waals surface area contributed by atoms with Crippen molar-refractivity contribution in [2.75, 3.05) is 0 Å². The van der Waals surface area contributed by atoms with Crippen molar-refractivity contribution in [3.63, 3.8) is 0 Å². The van der Waals surface area contributed by atoms with Gasteiger partial charge in [0.1, 0.15) is 5.82 Å². The lowest BCUT2D eigenvalue weighted by atomic mass is 10.0. The van der Waals surface area contributed by atoms with E-state index < -0.39 is 23.0 Å². The molecule has 2 aromatic carbocycles. The van der Waals surface area contributed by atoms with Gasteiger partial charge in [0, 0.05) is 11.4 Å². The zero-order valence-electron chi connectivity index (χ0n) is 9.59. The van der Waals surface area contributed by atoms with Crippen LogP contribution in [-0.2, 0) is 6.42 Å². The Morgan fingerprint density at radius 2 is 1.74 bits per heavy atom. The molecule has 0 N–H and O–H groups in total. The second-order valence-corrected chi connectivity index (χ2v) is 5.24. The molecular formula is C14H8BrClF2O. The maximum Gasteiger partial charge on any atom is 0.173 e. The number of carbonyl (C=O) groups excluding carboxylic acids is 1. The molecule has 19 heavy (non-hydrogen) atoms. The smallest absolute Gasteiger partial charge is 0.173 e. The molecule has 0 bridgehead atoms. The van der Waals surface area contributed by atoms with E-state index in [1.54, 1.807) is 24.3 Å². The minimum Gasteiger partial charge on any atom is -0.294 e. The van der Waals surface area contributed by atoms with E-state index in [2.05, 4.69) is 15.9 Å². The first-order valence-electron chi connectivity index (χ1n) is 5.40. The summed E-state index contributed by atoms with van der Waals surface area (Å²) in [5, 5.41) is 0.538. The summed E-state index contributed by atoms with van der Waals surface area (Å²) >= 11 is 8.66. The second kappa shape index (κ2) is 5.80. The number of ketones is 1. The first-order chi connectivity index (χ1) is 8.99. The summed E-state index contributed by atoms with van der Waals surface area (Å²) in [5.74, 6) is -2.35. The van der Waals surface area contributed by atoms with Crippen molar-refractivity contribution in [2.45, 2.75) is 6.42 Å². The monoisotopic (exact) mass is 344 g/mol. The van der Waals surface area contributed by atoms with Crippen LogP contribution in [0, 0.1) is 11.6 Å². The van der Waals surface area contributed by atoms with Crippen molar-refractivity contribution >= 4 is 33.3 Å². The van der Waals surface area contributed by atoms with E-state index in [1.165, 1.54) is 6.07 Å². The fraction of sp³-hybridized carbons (Fsp3) is 0.0714. The summed E-state index contributed by atoms with van der Waals surface area (Å²) in [4.78, 5) is 12.0. The van der Waals surface area contributed by atoms with E-state index in [9.17, 15) is 13.6 Å². The fourth-order valence-corrected chi connectivity index (χ4v) is 2.12. The maximum absolute atomic E-state index is 13.8. The van der Waals surface area contributed by atoms with Crippen LogP contribution in [0.2, 0.25) is 5.02 Å². The fourth-order valence-electron chi connectivity index (χ4n) is 1.66. The van der Waals surface area contributed by atoms with Crippen molar-refractivity contribution < 1.29 is 13.6 Å². The topological polar surface area (TPSA) is 17.1 Å². The maximum atomic E-state index is 13.8. The minimum absolute atomic E-state index is 0.0633. The zero-order valence-corrected chi connectivity index (χ0v) is 11.9. The van der Waals surface area contributed by atoms with E-state index in [4.69, 9.17) is 11.6 Å². The van der Waals surface area contributed by atoms with Gasteiger partial charge in [0.25, 0.3) is 0 Å². The first kappa shape index (κ1) is 14.2. The van der Waals surface area contributed by atoms with Crippen molar-refractivity contribution in [1.82, 2.24) is 0 Å². The Kier molecular flexibility index (Phi) is 4.32. The Morgan fingerprint density at radius 3 is 2.37 bits per heavy atom. The molecule has 5 heteroatoms. The third-order valence-electron chi connectivity index (χ3n) is 2.60. The molecule has 98 valence electrons.